The van der Waals surface area contributed by atoms with Crippen LogP contribution in [0.5, 0.6) is 5.75 Å². The first-order chi connectivity index (χ1) is 9.63. The fraction of sp³-hybridized carbons (Fsp3) is 0.188. The van der Waals surface area contributed by atoms with Crippen LogP contribution in [0.25, 0.3) is 0 Å². The number of carbonyl (C=O) groups is 1. The fourth-order valence-corrected chi connectivity index (χ4v) is 2.45. The molecule has 0 saturated heterocycles. The lowest BCUT2D eigenvalue weighted by Gasteiger charge is -2.16. The lowest BCUT2D eigenvalue weighted by Crippen LogP contribution is -2.22. The molecule has 0 fully saturated rings. The van der Waals surface area contributed by atoms with Crippen LogP contribution in [0.1, 0.15) is 22.0 Å². The molecule has 0 aliphatic rings. The molecule has 1 N–H and O–H groups in total. The summed E-state index contributed by atoms with van der Waals surface area (Å²) in [6, 6.07) is 15.9. The van der Waals surface area contributed by atoms with Gasteiger partial charge in [-0.2, -0.15) is 0 Å². The molecular weight excluding hydrogens is 320 g/mol. The first-order valence-electron chi connectivity index (χ1n) is 6.19. The van der Waals surface area contributed by atoms with E-state index in [9.17, 15) is 9.90 Å². The summed E-state index contributed by atoms with van der Waals surface area (Å²) < 4.78 is 5.05. The third-order valence-corrected chi connectivity index (χ3v) is 3.96. The quantitative estimate of drug-likeness (QED) is 0.673. The second-order valence-electron chi connectivity index (χ2n) is 4.35. The molecule has 0 unspecified atom stereocenters. The smallest absolute Gasteiger partial charge is 0.179 e. The van der Waals surface area contributed by atoms with Gasteiger partial charge in [-0.3, -0.25) is 4.79 Å². The van der Waals surface area contributed by atoms with Crippen LogP contribution >= 0.6 is 15.9 Å². The third-order valence-electron chi connectivity index (χ3n) is 3.04. The molecule has 0 radical (unpaired) electrons. The van der Waals surface area contributed by atoms with Gasteiger partial charge in [0, 0.05) is 5.56 Å². The number of carbonyl (C=O) groups excluding carboxylic acids is 1. The molecular formula is C16H15BrO3. The van der Waals surface area contributed by atoms with Crippen molar-refractivity contribution < 1.29 is 14.6 Å². The summed E-state index contributed by atoms with van der Waals surface area (Å²) in [5.41, 5.74) is 1.24. The lowest BCUT2D eigenvalue weighted by molar-refractivity contribution is 0.0902. The minimum Gasteiger partial charge on any atom is -0.497 e. The average molecular weight is 335 g/mol. The Labute approximate surface area is 126 Å². The van der Waals surface area contributed by atoms with E-state index in [4.69, 9.17) is 4.74 Å². The molecule has 0 amide bonds. The number of hydrogen-bond acceptors (Lipinski definition) is 3. The molecule has 0 aliphatic carbocycles. The van der Waals surface area contributed by atoms with Crippen LogP contribution in [0.3, 0.4) is 0 Å². The summed E-state index contributed by atoms with van der Waals surface area (Å²) in [4.78, 5) is 11.6. The maximum atomic E-state index is 12.3. The van der Waals surface area contributed by atoms with Crippen molar-refractivity contribution in [1.82, 2.24) is 0 Å². The van der Waals surface area contributed by atoms with Gasteiger partial charge in [-0.15, -0.1) is 0 Å². The zero-order valence-electron chi connectivity index (χ0n) is 11.0. The van der Waals surface area contributed by atoms with Crippen LogP contribution < -0.4 is 4.74 Å². The van der Waals surface area contributed by atoms with E-state index in [1.807, 2.05) is 18.2 Å². The van der Waals surface area contributed by atoms with Crippen molar-refractivity contribution in [2.75, 3.05) is 7.11 Å². The van der Waals surface area contributed by atoms with Gasteiger partial charge in [-0.1, -0.05) is 46.3 Å². The predicted molar refractivity (Wildman–Crippen MR) is 81.4 cm³/mol. The molecule has 0 saturated carbocycles. The van der Waals surface area contributed by atoms with E-state index in [0.29, 0.717) is 16.9 Å². The Bertz CT molecular complexity index is 566. The maximum absolute atomic E-state index is 12.3. The number of ether oxygens (including phenoxy) is 1. The first-order valence-corrected chi connectivity index (χ1v) is 7.10. The number of alkyl halides is 1. The van der Waals surface area contributed by atoms with Gasteiger partial charge < -0.3 is 9.84 Å². The van der Waals surface area contributed by atoms with Crippen molar-refractivity contribution in [2.45, 2.75) is 10.9 Å². The number of rotatable bonds is 5. The molecule has 2 rings (SSSR count). The number of benzene rings is 2. The van der Waals surface area contributed by atoms with Gasteiger partial charge >= 0.3 is 0 Å². The molecule has 2 aromatic carbocycles. The van der Waals surface area contributed by atoms with Gasteiger partial charge in [0.1, 0.15) is 10.6 Å². The van der Waals surface area contributed by atoms with Crippen LogP contribution in [0.2, 0.25) is 0 Å². The van der Waals surface area contributed by atoms with Gasteiger partial charge in [-0.25, -0.2) is 0 Å². The van der Waals surface area contributed by atoms with Gasteiger partial charge in [-0.05, 0) is 29.8 Å². The minimum atomic E-state index is -0.884. The predicted octanol–water partition coefficient (Wildman–Crippen LogP) is 3.38. The minimum absolute atomic E-state index is 0.163. The van der Waals surface area contributed by atoms with Gasteiger partial charge in [0.05, 0.1) is 13.2 Å². The Hall–Kier alpha value is -1.65. The molecule has 20 heavy (non-hydrogen) atoms. The van der Waals surface area contributed by atoms with Crippen LogP contribution in [-0.4, -0.2) is 22.8 Å². The third kappa shape index (κ3) is 3.26. The summed E-state index contributed by atoms with van der Waals surface area (Å²) in [7, 11) is 1.57. The molecule has 0 spiro atoms. The highest BCUT2D eigenvalue weighted by molar-refractivity contribution is 9.10. The van der Waals surface area contributed by atoms with Crippen LogP contribution in [0.4, 0.5) is 0 Å². The van der Waals surface area contributed by atoms with Crippen molar-refractivity contribution in [2.24, 2.45) is 0 Å². The van der Waals surface area contributed by atoms with E-state index in [-0.39, 0.29) is 5.78 Å². The highest BCUT2D eigenvalue weighted by atomic mass is 79.9. The van der Waals surface area contributed by atoms with Crippen LogP contribution in [-0.2, 0) is 0 Å². The number of aliphatic hydroxyl groups is 1. The van der Waals surface area contributed by atoms with E-state index >= 15 is 0 Å². The summed E-state index contributed by atoms with van der Waals surface area (Å²) in [6.07, 6.45) is -0.884. The monoisotopic (exact) mass is 334 g/mol. The zero-order valence-corrected chi connectivity index (χ0v) is 12.6. The molecule has 2 atom stereocenters. The molecule has 2 aromatic rings. The number of methoxy groups -OCH3 is 1. The Kier molecular flexibility index (Phi) is 4.93. The van der Waals surface area contributed by atoms with Gasteiger partial charge in [0.2, 0.25) is 0 Å². The SMILES string of the molecule is COc1ccc(C(=O)[C@@H](Br)[C@H](O)c2ccccc2)cc1. The summed E-state index contributed by atoms with van der Waals surface area (Å²) >= 11 is 3.29. The number of halogens is 1. The second-order valence-corrected chi connectivity index (χ2v) is 5.34. The summed E-state index contributed by atoms with van der Waals surface area (Å²) in [5, 5.41) is 10.2. The maximum Gasteiger partial charge on any atom is 0.179 e. The summed E-state index contributed by atoms with van der Waals surface area (Å²) in [5.74, 6) is 0.528. The largest absolute Gasteiger partial charge is 0.497 e. The van der Waals surface area contributed by atoms with E-state index in [1.54, 1.807) is 43.5 Å². The molecule has 104 valence electrons. The number of ketones is 1. The average Bonchev–Trinajstić information content (AvgIpc) is 2.53. The fourth-order valence-electron chi connectivity index (χ4n) is 1.88. The highest BCUT2D eigenvalue weighted by Gasteiger charge is 2.26. The van der Waals surface area contributed by atoms with Crippen LogP contribution in [0.15, 0.2) is 54.6 Å². The lowest BCUT2D eigenvalue weighted by atomic mass is 10.00. The zero-order chi connectivity index (χ0) is 14.5. The standard InChI is InChI=1S/C16H15BrO3/c1-20-13-9-7-12(8-10-13)16(19)14(17)15(18)11-5-3-2-4-6-11/h2-10,14-15,18H,1H3/t14-,15+/m0/s1. The van der Waals surface area contributed by atoms with E-state index < -0.39 is 10.9 Å². The Morgan fingerprint density at radius 2 is 1.70 bits per heavy atom. The van der Waals surface area contributed by atoms with Gasteiger partial charge in [0.15, 0.2) is 5.78 Å². The van der Waals surface area contributed by atoms with E-state index in [0.717, 1.165) is 0 Å². The van der Waals surface area contributed by atoms with Crippen molar-refractivity contribution in [3.8, 4) is 5.75 Å². The number of Topliss-reactive ketones (excluding diaryl/α,β-unsaturated/α-hetero) is 1. The molecule has 0 heterocycles. The molecule has 4 heteroatoms. The summed E-state index contributed by atoms with van der Waals surface area (Å²) in [6.45, 7) is 0. The number of hydrogen-bond donors (Lipinski definition) is 1. The number of aliphatic hydroxyl groups excluding tert-OH is 1. The van der Waals surface area contributed by atoms with E-state index in [2.05, 4.69) is 15.9 Å². The first kappa shape index (κ1) is 14.8. The van der Waals surface area contributed by atoms with Crippen molar-refractivity contribution >= 4 is 21.7 Å². The normalized spacial score (nSPS) is 13.6. The topological polar surface area (TPSA) is 46.5 Å². The van der Waals surface area contributed by atoms with E-state index in [1.165, 1.54) is 0 Å². The Morgan fingerprint density at radius 3 is 2.25 bits per heavy atom. The van der Waals surface area contributed by atoms with Crippen LogP contribution in [0, 0.1) is 0 Å². The molecule has 0 aliphatic heterocycles. The van der Waals surface area contributed by atoms with Crippen molar-refractivity contribution in [3.05, 3.63) is 65.7 Å². The Morgan fingerprint density at radius 1 is 1.10 bits per heavy atom. The molecule has 3 nitrogen and oxygen atoms in total. The van der Waals surface area contributed by atoms with Crippen molar-refractivity contribution in [3.63, 3.8) is 0 Å². The Balaban J connectivity index is 2.15. The van der Waals surface area contributed by atoms with Crippen molar-refractivity contribution in [1.29, 1.82) is 0 Å². The van der Waals surface area contributed by atoms with Gasteiger partial charge in [0.25, 0.3) is 0 Å². The second kappa shape index (κ2) is 6.68. The highest BCUT2D eigenvalue weighted by Crippen LogP contribution is 2.26. The molecule has 0 bridgehead atoms. The molecule has 0 aromatic heterocycles.